The van der Waals surface area contributed by atoms with Crippen molar-refractivity contribution in [1.29, 1.82) is 0 Å². The predicted octanol–water partition coefficient (Wildman–Crippen LogP) is 5.50. The Balaban J connectivity index is 0.905. The molecule has 4 amide bonds. The molecule has 0 saturated carbocycles. The zero-order valence-electron chi connectivity index (χ0n) is 32.9. The Morgan fingerprint density at radius 2 is 0.915 bits per heavy atom. The van der Waals surface area contributed by atoms with Gasteiger partial charge in [-0.3, -0.25) is 28.8 Å². The highest BCUT2D eigenvalue weighted by atomic mass is 16.5. The fraction of sp³-hybridized carbons (Fsp3) is 0.277. The van der Waals surface area contributed by atoms with Crippen molar-refractivity contribution in [3.8, 4) is 0 Å². The van der Waals surface area contributed by atoms with Gasteiger partial charge in [0.05, 0.1) is 61.1 Å². The maximum Gasteiger partial charge on any atom is 0.309 e. The molecule has 10 rings (SSSR count). The minimum atomic E-state index is -0.887. The molecular formula is C47H40N4O8. The van der Waals surface area contributed by atoms with Gasteiger partial charge in [0.25, 0.3) is 0 Å². The highest BCUT2D eigenvalue weighted by Crippen LogP contribution is 2.51. The molecule has 4 aliphatic rings. The van der Waals surface area contributed by atoms with E-state index in [1.54, 1.807) is 24.3 Å². The van der Waals surface area contributed by atoms with E-state index in [0.29, 0.717) is 30.6 Å². The third kappa shape index (κ3) is 5.14. The summed E-state index contributed by atoms with van der Waals surface area (Å²) < 4.78 is 14.3. The molecule has 0 spiro atoms. The topological polar surface area (TPSA) is 137 Å². The van der Waals surface area contributed by atoms with E-state index in [9.17, 15) is 28.8 Å². The van der Waals surface area contributed by atoms with Crippen molar-refractivity contribution in [2.24, 2.45) is 37.8 Å². The molecule has 4 aromatic carbocycles. The first kappa shape index (κ1) is 36.5. The van der Waals surface area contributed by atoms with Crippen LogP contribution in [-0.4, -0.2) is 58.9 Å². The molecule has 4 heterocycles. The second-order valence-corrected chi connectivity index (χ2v) is 16.1. The number of hydrogen-bond donors (Lipinski definition) is 0. The van der Waals surface area contributed by atoms with Crippen molar-refractivity contribution < 1.29 is 38.2 Å². The van der Waals surface area contributed by atoms with Gasteiger partial charge < -0.3 is 18.6 Å². The lowest BCUT2D eigenvalue weighted by atomic mass is 9.72. The largest absolute Gasteiger partial charge is 0.469 e. The number of carbonyl (C=O) groups is 6. The lowest BCUT2D eigenvalue weighted by molar-refractivity contribution is -0.150. The average Bonchev–Trinajstić information content (AvgIpc) is 3.90. The van der Waals surface area contributed by atoms with E-state index >= 15 is 0 Å². The minimum absolute atomic E-state index is 0.301. The van der Waals surface area contributed by atoms with Crippen LogP contribution < -0.4 is 9.80 Å². The molecule has 2 aliphatic carbocycles. The van der Waals surface area contributed by atoms with Gasteiger partial charge in [-0.15, -0.1) is 0 Å². The number of imide groups is 2. The first-order valence-electron chi connectivity index (χ1n) is 19.8. The van der Waals surface area contributed by atoms with Gasteiger partial charge in [-0.2, -0.15) is 0 Å². The number of methoxy groups -OCH3 is 2. The maximum atomic E-state index is 14.3. The number of nitrogens with zero attached hydrogens (tertiary/aromatic N) is 4. The summed E-state index contributed by atoms with van der Waals surface area (Å²) in [7, 11) is 6.40. The number of carbonyl (C=O) groups excluding carboxylic acids is 6. The lowest BCUT2D eigenvalue weighted by Gasteiger charge is -2.29. The summed E-state index contributed by atoms with van der Waals surface area (Å²) in [6.07, 6.45) is 1.10. The highest BCUT2D eigenvalue weighted by Gasteiger charge is 2.60. The second-order valence-electron chi connectivity index (χ2n) is 16.1. The predicted molar refractivity (Wildman–Crippen MR) is 217 cm³/mol. The molecule has 6 atom stereocenters. The van der Waals surface area contributed by atoms with Crippen molar-refractivity contribution in [3.05, 3.63) is 131 Å². The summed E-state index contributed by atoms with van der Waals surface area (Å²) in [5, 5.41) is 1.91. The number of anilines is 2. The number of fused-ring (bicyclic) bond motifs is 10. The molecule has 2 fully saturated rings. The Morgan fingerprint density at radius 1 is 0.542 bits per heavy atom. The van der Waals surface area contributed by atoms with Gasteiger partial charge in [-0.05, 0) is 77.9 Å². The number of esters is 2. The fourth-order valence-electron chi connectivity index (χ4n) is 10.7. The van der Waals surface area contributed by atoms with Gasteiger partial charge in [0.1, 0.15) is 0 Å². The fourth-order valence-corrected chi connectivity index (χ4v) is 10.7. The van der Waals surface area contributed by atoms with Gasteiger partial charge in [0, 0.05) is 47.3 Å². The number of aryl methyl sites for hydroxylation is 2. The van der Waals surface area contributed by atoms with Crippen LogP contribution in [0.4, 0.5) is 11.4 Å². The summed E-state index contributed by atoms with van der Waals surface area (Å²) in [5.74, 6) is -7.63. The number of benzene rings is 4. The zero-order valence-corrected chi connectivity index (χ0v) is 32.9. The number of hydrogen-bond acceptors (Lipinski definition) is 8. The van der Waals surface area contributed by atoms with Crippen LogP contribution >= 0.6 is 0 Å². The number of rotatable bonds is 6. The first-order chi connectivity index (χ1) is 28.5. The van der Waals surface area contributed by atoms with E-state index in [-0.39, 0.29) is 11.8 Å². The molecule has 296 valence electrons. The van der Waals surface area contributed by atoms with Crippen molar-refractivity contribution in [3.63, 3.8) is 0 Å². The summed E-state index contributed by atoms with van der Waals surface area (Å²) >= 11 is 0. The SMILES string of the molecule is COC(=O)[C@H]1Cc2c(n(C)c3ccccc23)[C@H]2C(=O)N(c3ccc(Cc4ccc(N5C(=O)[C@H]6[C@@H](C(=O)OC)Cc7c(n(C)c8ccccc78)[C@H]6C5=O)cc4)cc3)C(=O)[C@@H]12. The van der Waals surface area contributed by atoms with Crippen LogP contribution in [0.25, 0.3) is 21.8 Å². The number of para-hydroxylation sites is 2. The number of aromatic nitrogens is 2. The van der Waals surface area contributed by atoms with Crippen molar-refractivity contribution in [2.75, 3.05) is 24.0 Å². The molecule has 59 heavy (non-hydrogen) atoms. The van der Waals surface area contributed by atoms with Crippen molar-refractivity contribution >= 4 is 68.7 Å². The lowest BCUT2D eigenvalue weighted by Crippen LogP contribution is -2.38. The molecule has 2 aliphatic heterocycles. The maximum absolute atomic E-state index is 14.3. The molecule has 0 radical (unpaired) electrons. The zero-order chi connectivity index (χ0) is 41.0. The summed E-state index contributed by atoms with van der Waals surface area (Å²) in [6.45, 7) is 0. The third-order valence-corrected chi connectivity index (χ3v) is 13.3. The quantitative estimate of drug-likeness (QED) is 0.160. The Bertz CT molecular complexity index is 2630. The van der Waals surface area contributed by atoms with Crippen molar-refractivity contribution in [2.45, 2.75) is 31.1 Å². The van der Waals surface area contributed by atoms with Crippen molar-refractivity contribution in [1.82, 2.24) is 9.13 Å². The van der Waals surface area contributed by atoms with E-state index in [1.165, 1.54) is 24.0 Å². The van der Waals surface area contributed by atoms with Gasteiger partial charge in [-0.25, -0.2) is 9.80 Å². The van der Waals surface area contributed by atoms with Crippen LogP contribution in [0.3, 0.4) is 0 Å². The molecule has 12 heteroatoms. The number of amides is 4. The Labute approximate surface area is 338 Å². The van der Waals surface area contributed by atoms with E-state index in [2.05, 4.69) is 0 Å². The first-order valence-corrected chi connectivity index (χ1v) is 19.8. The van der Waals surface area contributed by atoms with Crippen LogP contribution in [0.15, 0.2) is 97.1 Å². The molecule has 0 N–H and O–H groups in total. The standard InChI is InChI=1S/C47H40N4O8/c1-48-34-11-7-5-9-28(34)30-22-32(46(56)58-3)36-38(40(30)48)44(54)50(42(36)52)26-17-13-24(14-18-26)21-25-15-19-27(20-16-25)51-43(53)37-33(47(57)59-4)23-31-29-10-6-8-12-35(29)49(2)41(31)39(37)45(51)55/h5-20,32-33,36-39H,21-23H2,1-4H3/t32-,33-,36-,37-,38-,39-/m0/s1. The highest BCUT2D eigenvalue weighted by molar-refractivity contribution is 6.26. The second kappa shape index (κ2) is 13.4. The van der Waals surface area contributed by atoms with Crippen LogP contribution in [0.2, 0.25) is 0 Å². The van der Waals surface area contributed by atoms with E-state index < -0.39 is 59.3 Å². The van der Waals surface area contributed by atoms with Crippen LogP contribution in [-0.2, 0) is 71.6 Å². The summed E-state index contributed by atoms with van der Waals surface area (Å²) in [5.41, 5.74) is 7.83. The molecular weight excluding hydrogens is 749 g/mol. The summed E-state index contributed by atoms with van der Waals surface area (Å²) in [6, 6.07) is 30.0. The minimum Gasteiger partial charge on any atom is -0.469 e. The smallest absolute Gasteiger partial charge is 0.309 e. The Hall–Kier alpha value is -6.82. The average molecular weight is 789 g/mol. The molecule has 0 bridgehead atoms. The molecule has 12 nitrogen and oxygen atoms in total. The van der Waals surface area contributed by atoms with Gasteiger partial charge in [0.2, 0.25) is 23.6 Å². The van der Waals surface area contributed by atoms with E-state index in [1.807, 2.05) is 96.0 Å². The van der Waals surface area contributed by atoms with Gasteiger partial charge in [-0.1, -0.05) is 60.7 Å². The Morgan fingerprint density at radius 3 is 1.29 bits per heavy atom. The monoisotopic (exact) mass is 788 g/mol. The van der Waals surface area contributed by atoms with Gasteiger partial charge >= 0.3 is 11.9 Å². The normalized spacial score (nSPS) is 23.4. The van der Waals surface area contributed by atoms with E-state index in [4.69, 9.17) is 9.47 Å². The summed E-state index contributed by atoms with van der Waals surface area (Å²) in [4.78, 5) is 85.6. The third-order valence-electron chi connectivity index (χ3n) is 13.3. The van der Waals surface area contributed by atoms with E-state index in [0.717, 1.165) is 55.4 Å². The van der Waals surface area contributed by atoms with Crippen LogP contribution in [0.1, 0.15) is 45.5 Å². The van der Waals surface area contributed by atoms with Crippen LogP contribution in [0.5, 0.6) is 0 Å². The number of ether oxygens (including phenoxy) is 2. The Kier molecular flexibility index (Phi) is 8.27. The molecule has 0 unspecified atom stereocenters. The molecule has 2 aromatic heterocycles. The molecule has 6 aromatic rings. The molecule has 2 saturated heterocycles. The van der Waals surface area contributed by atoms with Gasteiger partial charge in [0.15, 0.2) is 0 Å². The van der Waals surface area contributed by atoms with Crippen LogP contribution in [0, 0.1) is 23.7 Å².